The average Bonchev–Trinajstić information content (AvgIpc) is 2.79. The Hall–Kier alpha value is -1.09. The van der Waals surface area contributed by atoms with E-state index in [1.807, 2.05) is 0 Å². The van der Waals surface area contributed by atoms with E-state index >= 15 is 0 Å². The summed E-state index contributed by atoms with van der Waals surface area (Å²) in [6.45, 7) is 2.90. The van der Waals surface area contributed by atoms with Crippen LogP contribution in [0, 0.1) is 17.7 Å². The molecular formula is C18H23ClFNO. The summed E-state index contributed by atoms with van der Waals surface area (Å²) in [7, 11) is 0. The molecule has 2 unspecified atom stereocenters. The van der Waals surface area contributed by atoms with Crippen molar-refractivity contribution in [2.75, 3.05) is 6.54 Å². The molecule has 0 aromatic heterocycles. The van der Waals surface area contributed by atoms with Gasteiger partial charge < -0.3 is 4.90 Å². The van der Waals surface area contributed by atoms with Crippen molar-refractivity contribution in [3.63, 3.8) is 0 Å². The first-order chi connectivity index (χ1) is 10.6. The lowest BCUT2D eigenvalue weighted by Gasteiger charge is -2.31. The van der Waals surface area contributed by atoms with E-state index in [1.165, 1.54) is 25.3 Å². The Balaban J connectivity index is 1.75. The second-order valence-corrected chi connectivity index (χ2v) is 7.18. The molecule has 2 nitrogen and oxygen atoms in total. The molecule has 1 saturated heterocycles. The fourth-order valence-electron chi connectivity index (χ4n) is 3.94. The highest BCUT2D eigenvalue weighted by atomic mass is 35.5. The van der Waals surface area contributed by atoms with Crippen molar-refractivity contribution >= 4 is 17.5 Å². The van der Waals surface area contributed by atoms with E-state index in [9.17, 15) is 9.18 Å². The molecule has 0 spiro atoms. The van der Waals surface area contributed by atoms with Gasteiger partial charge in [-0.2, -0.15) is 0 Å². The predicted molar refractivity (Wildman–Crippen MR) is 86.4 cm³/mol. The molecule has 120 valence electrons. The second-order valence-electron chi connectivity index (χ2n) is 6.77. The third kappa shape index (κ3) is 3.01. The molecule has 2 atom stereocenters. The summed E-state index contributed by atoms with van der Waals surface area (Å²) in [6, 6.07) is 5.12. The maximum Gasteiger partial charge on any atom is 0.226 e. The Morgan fingerprint density at radius 3 is 2.68 bits per heavy atom. The van der Waals surface area contributed by atoms with E-state index in [0.29, 0.717) is 23.0 Å². The van der Waals surface area contributed by atoms with Crippen LogP contribution in [0.4, 0.5) is 4.39 Å². The Kier molecular flexibility index (Phi) is 4.72. The van der Waals surface area contributed by atoms with Gasteiger partial charge in [0.2, 0.25) is 5.91 Å². The summed E-state index contributed by atoms with van der Waals surface area (Å²) in [5.74, 6) is 0.00348. The van der Waals surface area contributed by atoms with Crippen LogP contribution >= 0.6 is 11.6 Å². The molecule has 2 fully saturated rings. The molecule has 1 saturated carbocycles. The molecule has 1 aliphatic carbocycles. The molecule has 3 rings (SSSR count). The molecule has 1 aromatic rings. The largest absolute Gasteiger partial charge is 0.339 e. The first-order valence-corrected chi connectivity index (χ1v) is 8.69. The third-order valence-corrected chi connectivity index (χ3v) is 5.63. The van der Waals surface area contributed by atoms with Gasteiger partial charge in [-0.25, -0.2) is 4.39 Å². The Morgan fingerprint density at radius 1 is 1.27 bits per heavy atom. The van der Waals surface area contributed by atoms with Gasteiger partial charge >= 0.3 is 0 Å². The molecule has 1 aliphatic heterocycles. The van der Waals surface area contributed by atoms with Crippen LogP contribution in [-0.4, -0.2) is 23.4 Å². The molecule has 2 aliphatic rings. The van der Waals surface area contributed by atoms with Crippen LogP contribution in [0.5, 0.6) is 0 Å². The predicted octanol–water partition coefficient (Wildman–Crippen LogP) is 4.45. The number of hydrogen-bond acceptors (Lipinski definition) is 1. The van der Waals surface area contributed by atoms with Crippen molar-refractivity contribution in [1.82, 2.24) is 4.90 Å². The van der Waals surface area contributed by atoms with Crippen molar-refractivity contribution < 1.29 is 9.18 Å². The lowest BCUT2D eigenvalue weighted by Crippen LogP contribution is -2.39. The van der Waals surface area contributed by atoms with Gasteiger partial charge in [0.05, 0.1) is 0 Å². The summed E-state index contributed by atoms with van der Waals surface area (Å²) in [6.07, 6.45) is 6.35. The molecule has 1 amide bonds. The molecule has 1 heterocycles. The zero-order valence-electron chi connectivity index (χ0n) is 13.0. The summed E-state index contributed by atoms with van der Waals surface area (Å²) in [4.78, 5) is 14.9. The molecule has 22 heavy (non-hydrogen) atoms. The number of rotatable bonds is 3. The molecular weight excluding hydrogens is 301 g/mol. The van der Waals surface area contributed by atoms with E-state index in [4.69, 9.17) is 11.6 Å². The first kappa shape index (κ1) is 15.8. The van der Waals surface area contributed by atoms with E-state index in [2.05, 4.69) is 11.8 Å². The number of carbonyl (C=O) groups excluding carboxylic acids is 1. The smallest absolute Gasteiger partial charge is 0.226 e. The average molecular weight is 324 g/mol. The van der Waals surface area contributed by atoms with Gasteiger partial charge in [-0.15, -0.1) is 0 Å². The van der Waals surface area contributed by atoms with Crippen molar-refractivity contribution in [2.24, 2.45) is 11.8 Å². The van der Waals surface area contributed by atoms with Crippen molar-refractivity contribution in [3.8, 4) is 0 Å². The van der Waals surface area contributed by atoms with Crippen LogP contribution in [0.25, 0.3) is 0 Å². The van der Waals surface area contributed by atoms with Gasteiger partial charge in [0.25, 0.3) is 0 Å². The maximum atomic E-state index is 14.0. The molecule has 0 N–H and O–H groups in total. The van der Waals surface area contributed by atoms with Gasteiger partial charge in [-0.3, -0.25) is 4.79 Å². The fourth-order valence-corrected chi connectivity index (χ4v) is 4.18. The van der Waals surface area contributed by atoms with Crippen LogP contribution in [0.1, 0.15) is 44.6 Å². The number of amides is 1. The van der Waals surface area contributed by atoms with E-state index in [-0.39, 0.29) is 23.6 Å². The van der Waals surface area contributed by atoms with Gasteiger partial charge in [-0.1, -0.05) is 43.9 Å². The van der Waals surface area contributed by atoms with Gasteiger partial charge in [0.15, 0.2) is 0 Å². The van der Waals surface area contributed by atoms with Crippen LogP contribution in [0.15, 0.2) is 18.2 Å². The second kappa shape index (κ2) is 6.57. The Morgan fingerprint density at radius 2 is 2.00 bits per heavy atom. The number of nitrogens with zero attached hydrogens (tertiary/aromatic N) is 1. The van der Waals surface area contributed by atoms with E-state index in [1.54, 1.807) is 12.1 Å². The number of likely N-dealkylation sites (tertiary alicyclic amines) is 1. The van der Waals surface area contributed by atoms with Crippen molar-refractivity contribution in [3.05, 3.63) is 34.6 Å². The summed E-state index contributed by atoms with van der Waals surface area (Å²) >= 11 is 6.12. The third-order valence-electron chi connectivity index (χ3n) is 5.27. The van der Waals surface area contributed by atoms with Crippen LogP contribution in [0.3, 0.4) is 0 Å². The Bertz CT molecular complexity index is 536. The number of hydrogen-bond donors (Lipinski definition) is 0. The molecule has 0 radical (unpaired) electrons. The lowest BCUT2D eigenvalue weighted by atomic mass is 9.90. The zero-order chi connectivity index (χ0) is 15.7. The van der Waals surface area contributed by atoms with Crippen LogP contribution in [0.2, 0.25) is 5.02 Å². The SMILES string of the molecule is CC1CN(C2CCCCC2)C(=O)C1Cc1c(F)cccc1Cl. The zero-order valence-corrected chi connectivity index (χ0v) is 13.8. The highest BCUT2D eigenvalue weighted by Crippen LogP contribution is 2.35. The van der Waals surface area contributed by atoms with Gasteiger partial charge in [0.1, 0.15) is 5.82 Å². The topological polar surface area (TPSA) is 20.3 Å². The van der Waals surface area contributed by atoms with Crippen molar-refractivity contribution in [2.45, 2.75) is 51.5 Å². The highest BCUT2D eigenvalue weighted by Gasteiger charge is 2.41. The van der Waals surface area contributed by atoms with Gasteiger partial charge in [-0.05, 0) is 37.3 Å². The first-order valence-electron chi connectivity index (χ1n) is 8.31. The fraction of sp³-hybridized carbons (Fsp3) is 0.611. The molecule has 0 bridgehead atoms. The standard InChI is InChI=1S/C18H23ClFNO/c1-12-11-21(13-6-3-2-4-7-13)18(22)14(12)10-15-16(19)8-5-9-17(15)20/h5,8-9,12-14H,2-4,6-7,10-11H2,1H3. The summed E-state index contributed by atoms with van der Waals surface area (Å²) in [5.41, 5.74) is 0.486. The molecule has 4 heteroatoms. The minimum absolute atomic E-state index is 0.142. The minimum Gasteiger partial charge on any atom is -0.339 e. The number of benzene rings is 1. The lowest BCUT2D eigenvalue weighted by molar-refractivity contribution is -0.133. The quantitative estimate of drug-likeness (QED) is 0.804. The number of halogens is 2. The highest BCUT2D eigenvalue weighted by molar-refractivity contribution is 6.31. The van der Waals surface area contributed by atoms with E-state index in [0.717, 1.165) is 19.4 Å². The normalized spacial score (nSPS) is 26.7. The van der Waals surface area contributed by atoms with E-state index < -0.39 is 0 Å². The maximum absolute atomic E-state index is 14.0. The minimum atomic E-state index is -0.302. The van der Waals surface area contributed by atoms with Gasteiger partial charge in [0, 0.05) is 29.1 Å². The molecule has 1 aromatic carbocycles. The van der Waals surface area contributed by atoms with Crippen molar-refractivity contribution in [1.29, 1.82) is 0 Å². The van der Waals surface area contributed by atoms with Crippen LogP contribution in [-0.2, 0) is 11.2 Å². The van der Waals surface area contributed by atoms with Crippen LogP contribution < -0.4 is 0 Å². The monoisotopic (exact) mass is 323 g/mol. The summed E-state index contributed by atoms with van der Waals surface area (Å²) in [5, 5.41) is 0.427. The summed E-state index contributed by atoms with van der Waals surface area (Å²) < 4.78 is 14.0. The Labute approximate surface area is 136 Å². The number of carbonyl (C=O) groups is 1.